The molecular formula is C22H29NO. The van der Waals surface area contributed by atoms with E-state index in [0.717, 1.165) is 36.5 Å². The summed E-state index contributed by atoms with van der Waals surface area (Å²) in [5.41, 5.74) is 2.10. The van der Waals surface area contributed by atoms with E-state index in [2.05, 4.69) is 18.2 Å². The number of rotatable bonds is 9. The summed E-state index contributed by atoms with van der Waals surface area (Å²) < 4.78 is 0. The summed E-state index contributed by atoms with van der Waals surface area (Å²) in [6, 6.07) is 10.2. The highest BCUT2D eigenvalue weighted by atomic mass is 16.1. The van der Waals surface area contributed by atoms with Crippen LogP contribution in [0.15, 0.2) is 36.4 Å². The number of aldehydes is 1. The Labute approximate surface area is 146 Å². The molecule has 1 aliphatic carbocycles. The van der Waals surface area contributed by atoms with Gasteiger partial charge in [-0.2, -0.15) is 5.26 Å². The van der Waals surface area contributed by atoms with E-state index in [0.29, 0.717) is 0 Å². The van der Waals surface area contributed by atoms with E-state index < -0.39 is 0 Å². The molecule has 0 unspecified atom stereocenters. The maximum atomic E-state index is 10.2. The summed E-state index contributed by atoms with van der Waals surface area (Å²) in [7, 11) is 0. The van der Waals surface area contributed by atoms with E-state index in [1.54, 1.807) is 6.08 Å². The lowest BCUT2D eigenvalue weighted by Crippen LogP contribution is -2.14. The van der Waals surface area contributed by atoms with E-state index >= 15 is 0 Å². The van der Waals surface area contributed by atoms with Gasteiger partial charge in [0.15, 0.2) is 0 Å². The van der Waals surface area contributed by atoms with Crippen LogP contribution in [0.1, 0.15) is 68.9 Å². The molecule has 0 amide bonds. The highest BCUT2D eigenvalue weighted by Crippen LogP contribution is 2.34. The maximum absolute atomic E-state index is 10.2. The van der Waals surface area contributed by atoms with Gasteiger partial charge in [-0.1, -0.05) is 56.7 Å². The Balaban J connectivity index is 1.55. The van der Waals surface area contributed by atoms with Crippen LogP contribution in [0.4, 0.5) is 0 Å². The van der Waals surface area contributed by atoms with Crippen LogP contribution in [0.25, 0.3) is 0 Å². The predicted molar refractivity (Wildman–Crippen MR) is 98.6 cm³/mol. The molecule has 0 aromatic heterocycles. The molecule has 2 heteroatoms. The smallest absolute Gasteiger partial charge is 0.142 e. The van der Waals surface area contributed by atoms with Crippen LogP contribution in [0.5, 0.6) is 0 Å². The first kappa shape index (κ1) is 18.5. The van der Waals surface area contributed by atoms with Crippen molar-refractivity contribution in [2.24, 2.45) is 11.8 Å². The number of nitrogens with zero attached hydrogens (tertiary/aromatic N) is 1. The van der Waals surface area contributed by atoms with E-state index in [1.807, 2.05) is 18.2 Å². The second kappa shape index (κ2) is 10.8. The number of allylic oxidation sites excluding steroid dienone is 2. The Morgan fingerprint density at radius 2 is 1.67 bits per heavy atom. The summed E-state index contributed by atoms with van der Waals surface area (Å²) >= 11 is 0. The first-order valence-electron chi connectivity index (χ1n) is 9.41. The average Bonchev–Trinajstić information content (AvgIpc) is 2.64. The molecule has 1 fully saturated rings. The lowest BCUT2D eigenvalue weighted by Gasteiger charge is -2.28. The molecular weight excluding hydrogens is 294 g/mol. The Morgan fingerprint density at radius 1 is 1.00 bits per heavy atom. The average molecular weight is 323 g/mol. The number of aryl methyl sites for hydroxylation is 1. The van der Waals surface area contributed by atoms with Gasteiger partial charge in [0.25, 0.3) is 0 Å². The zero-order valence-corrected chi connectivity index (χ0v) is 14.6. The van der Waals surface area contributed by atoms with Crippen LogP contribution in [-0.2, 0) is 11.2 Å². The fraction of sp³-hybridized carbons (Fsp3) is 0.545. The summed E-state index contributed by atoms with van der Waals surface area (Å²) in [6.07, 6.45) is 17.4. The van der Waals surface area contributed by atoms with Crippen molar-refractivity contribution in [3.8, 4) is 6.07 Å². The lowest BCUT2D eigenvalue weighted by atomic mass is 9.78. The minimum absolute atomic E-state index is 0.747. The van der Waals surface area contributed by atoms with Gasteiger partial charge in [0, 0.05) is 0 Å². The van der Waals surface area contributed by atoms with Crippen LogP contribution >= 0.6 is 0 Å². The highest BCUT2D eigenvalue weighted by Gasteiger charge is 2.20. The summed E-state index contributed by atoms with van der Waals surface area (Å²) in [5.74, 6) is 1.80. The van der Waals surface area contributed by atoms with Crippen LogP contribution in [0, 0.1) is 23.2 Å². The largest absolute Gasteiger partial charge is 0.299 e. The van der Waals surface area contributed by atoms with Crippen LogP contribution < -0.4 is 0 Å². The molecule has 0 radical (unpaired) electrons. The molecule has 1 aromatic carbocycles. The number of nitriles is 1. The van der Waals surface area contributed by atoms with Crippen molar-refractivity contribution in [2.45, 2.75) is 64.2 Å². The Bertz CT molecular complexity index is 544. The molecule has 1 aliphatic rings. The fourth-order valence-electron chi connectivity index (χ4n) is 3.80. The van der Waals surface area contributed by atoms with Gasteiger partial charge in [-0.15, -0.1) is 0 Å². The van der Waals surface area contributed by atoms with Crippen LogP contribution in [-0.4, -0.2) is 6.29 Å². The number of unbranched alkanes of at least 4 members (excludes halogenated alkanes) is 1. The SMILES string of the molecule is N#Cc1ccc(CCCCC2CCC(CCC=CC=O)CC2)cc1. The molecule has 1 saturated carbocycles. The van der Waals surface area contributed by atoms with Gasteiger partial charge in [-0.05, 0) is 61.3 Å². The molecule has 0 saturated heterocycles. The third-order valence-electron chi connectivity index (χ3n) is 5.33. The number of hydrogen-bond acceptors (Lipinski definition) is 2. The Hall–Kier alpha value is -1.88. The topological polar surface area (TPSA) is 40.9 Å². The molecule has 0 aliphatic heterocycles. The monoisotopic (exact) mass is 323 g/mol. The van der Waals surface area contributed by atoms with Gasteiger partial charge in [0.1, 0.15) is 6.29 Å². The van der Waals surface area contributed by atoms with Gasteiger partial charge < -0.3 is 0 Å². The zero-order valence-electron chi connectivity index (χ0n) is 14.6. The zero-order chi connectivity index (χ0) is 17.0. The fourth-order valence-corrected chi connectivity index (χ4v) is 3.80. The van der Waals surface area contributed by atoms with Crippen molar-refractivity contribution in [3.05, 3.63) is 47.5 Å². The number of hydrogen-bond donors (Lipinski definition) is 0. The standard InChI is InChI=1S/C22H29NO/c23-18-22-15-13-21(14-16-22)8-4-3-7-20-11-9-19(10-12-20)6-2-1-5-17-24/h1,5,13-17,19-20H,2-4,6-12H2. The second-order valence-corrected chi connectivity index (χ2v) is 7.08. The minimum atomic E-state index is 0.747. The number of carbonyl (C=O) groups excluding carboxylic acids is 1. The van der Waals surface area contributed by atoms with Gasteiger partial charge in [-0.3, -0.25) is 4.79 Å². The van der Waals surface area contributed by atoms with Gasteiger partial charge in [0.2, 0.25) is 0 Å². The summed E-state index contributed by atoms with van der Waals surface area (Å²) in [4.78, 5) is 10.2. The molecule has 2 nitrogen and oxygen atoms in total. The van der Waals surface area contributed by atoms with E-state index in [1.165, 1.54) is 56.9 Å². The number of carbonyl (C=O) groups is 1. The van der Waals surface area contributed by atoms with E-state index in [4.69, 9.17) is 5.26 Å². The first-order chi connectivity index (χ1) is 11.8. The molecule has 2 rings (SSSR count). The van der Waals surface area contributed by atoms with Crippen LogP contribution in [0.3, 0.4) is 0 Å². The molecule has 0 spiro atoms. The van der Waals surface area contributed by atoms with Crippen molar-refractivity contribution in [3.63, 3.8) is 0 Å². The molecule has 128 valence electrons. The van der Waals surface area contributed by atoms with Crippen molar-refractivity contribution < 1.29 is 4.79 Å². The third-order valence-corrected chi connectivity index (χ3v) is 5.33. The molecule has 0 bridgehead atoms. The first-order valence-corrected chi connectivity index (χ1v) is 9.41. The summed E-state index contributed by atoms with van der Waals surface area (Å²) in [6.45, 7) is 0. The molecule has 0 N–H and O–H groups in total. The van der Waals surface area contributed by atoms with Crippen molar-refractivity contribution in [1.29, 1.82) is 5.26 Å². The van der Waals surface area contributed by atoms with Crippen LogP contribution in [0.2, 0.25) is 0 Å². The normalized spacial score (nSPS) is 20.8. The van der Waals surface area contributed by atoms with Gasteiger partial charge in [-0.25, -0.2) is 0 Å². The molecule has 0 heterocycles. The van der Waals surface area contributed by atoms with E-state index in [-0.39, 0.29) is 0 Å². The number of benzene rings is 1. The lowest BCUT2D eigenvalue weighted by molar-refractivity contribution is -0.104. The second-order valence-electron chi connectivity index (χ2n) is 7.08. The summed E-state index contributed by atoms with van der Waals surface area (Å²) in [5, 5.41) is 8.81. The molecule has 24 heavy (non-hydrogen) atoms. The van der Waals surface area contributed by atoms with Gasteiger partial charge >= 0.3 is 0 Å². The highest BCUT2D eigenvalue weighted by molar-refractivity contribution is 5.64. The third kappa shape index (κ3) is 6.71. The van der Waals surface area contributed by atoms with Crippen molar-refractivity contribution >= 4 is 6.29 Å². The Kier molecular flexibility index (Phi) is 8.32. The molecule has 1 aromatic rings. The predicted octanol–water partition coefficient (Wildman–Crippen LogP) is 5.61. The maximum Gasteiger partial charge on any atom is 0.142 e. The van der Waals surface area contributed by atoms with Gasteiger partial charge in [0.05, 0.1) is 11.6 Å². The minimum Gasteiger partial charge on any atom is -0.299 e. The van der Waals surface area contributed by atoms with Crippen molar-refractivity contribution in [1.82, 2.24) is 0 Å². The van der Waals surface area contributed by atoms with Crippen molar-refractivity contribution in [2.75, 3.05) is 0 Å². The molecule has 0 atom stereocenters. The quantitative estimate of drug-likeness (QED) is 0.336. The van der Waals surface area contributed by atoms with E-state index in [9.17, 15) is 4.79 Å². The Morgan fingerprint density at radius 3 is 2.29 bits per heavy atom.